The van der Waals surface area contributed by atoms with Crippen LogP contribution in [0.3, 0.4) is 0 Å². The molecule has 0 unspecified atom stereocenters. The second kappa shape index (κ2) is 6.40. The van der Waals surface area contributed by atoms with Gasteiger partial charge >= 0.3 is 0 Å². The minimum atomic E-state index is -0.165. The topological polar surface area (TPSA) is 32.3 Å². The van der Waals surface area contributed by atoms with E-state index in [0.717, 1.165) is 19.5 Å². The first-order valence-corrected chi connectivity index (χ1v) is 6.70. The van der Waals surface area contributed by atoms with Gasteiger partial charge in [-0.3, -0.25) is 9.69 Å². The molecular weight excluding hydrogens is 236 g/mol. The summed E-state index contributed by atoms with van der Waals surface area (Å²) in [4.78, 5) is 13.9. The zero-order valence-corrected chi connectivity index (χ0v) is 11.5. The van der Waals surface area contributed by atoms with Gasteiger partial charge in [0.1, 0.15) is 0 Å². The van der Waals surface area contributed by atoms with E-state index >= 15 is 0 Å². The predicted octanol–water partition coefficient (Wildman–Crippen LogP) is 1.79. The van der Waals surface area contributed by atoms with Crippen LogP contribution in [0.5, 0.6) is 0 Å². The SMILES string of the molecule is CC#CC(=O)N[C@H]1C[C@@H](C)N(Cc2ccccc2)C1. The van der Waals surface area contributed by atoms with Crippen LogP contribution in [-0.2, 0) is 11.3 Å². The summed E-state index contributed by atoms with van der Waals surface area (Å²) in [5.74, 6) is 5.00. The van der Waals surface area contributed by atoms with E-state index in [1.54, 1.807) is 6.92 Å². The molecule has 2 rings (SSSR count). The zero-order valence-electron chi connectivity index (χ0n) is 11.5. The van der Waals surface area contributed by atoms with Crippen molar-refractivity contribution in [2.75, 3.05) is 6.54 Å². The van der Waals surface area contributed by atoms with Crippen LogP contribution in [-0.4, -0.2) is 29.4 Å². The van der Waals surface area contributed by atoms with Crippen molar-refractivity contribution in [1.82, 2.24) is 10.2 Å². The van der Waals surface area contributed by atoms with Crippen molar-refractivity contribution in [3.05, 3.63) is 35.9 Å². The van der Waals surface area contributed by atoms with Crippen molar-refractivity contribution in [3.63, 3.8) is 0 Å². The van der Waals surface area contributed by atoms with Gasteiger partial charge in [0.25, 0.3) is 5.91 Å². The minimum Gasteiger partial charge on any atom is -0.341 e. The smallest absolute Gasteiger partial charge is 0.296 e. The maximum absolute atomic E-state index is 11.5. The predicted molar refractivity (Wildman–Crippen MR) is 76.3 cm³/mol. The number of hydrogen-bond acceptors (Lipinski definition) is 2. The van der Waals surface area contributed by atoms with Crippen molar-refractivity contribution in [1.29, 1.82) is 0 Å². The van der Waals surface area contributed by atoms with Crippen LogP contribution in [0.25, 0.3) is 0 Å². The van der Waals surface area contributed by atoms with E-state index in [4.69, 9.17) is 0 Å². The molecular formula is C16H20N2O. The van der Waals surface area contributed by atoms with E-state index in [1.165, 1.54) is 5.56 Å². The molecule has 1 aromatic rings. The number of carbonyl (C=O) groups excluding carboxylic acids is 1. The van der Waals surface area contributed by atoms with Crippen molar-refractivity contribution in [2.45, 2.75) is 38.9 Å². The van der Waals surface area contributed by atoms with Crippen LogP contribution >= 0.6 is 0 Å². The second-order valence-electron chi connectivity index (χ2n) is 5.05. The molecule has 3 heteroatoms. The van der Waals surface area contributed by atoms with Crippen LogP contribution in [0.4, 0.5) is 0 Å². The van der Waals surface area contributed by atoms with E-state index in [2.05, 4.69) is 53.2 Å². The molecule has 0 saturated carbocycles. The molecule has 0 radical (unpaired) electrons. The maximum atomic E-state index is 11.5. The highest BCUT2D eigenvalue weighted by Gasteiger charge is 2.29. The lowest BCUT2D eigenvalue weighted by Gasteiger charge is -2.20. The van der Waals surface area contributed by atoms with E-state index < -0.39 is 0 Å². The van der Waals surface area contributed by atoms with Gasteiger partial charge in [0.2, 0.25) is 0 Å². The van der Waals surface area contributed by atoms with Gasteiger partial charge in [-0.2, -0.15) is 0 Å². The Labute approximate surface area is 115 Å². The van der Waals surface area contributed by atoms with Crippen LogP contribution in [0, 0.1) is 11.8 Å². The lowest BCUT2D eigenvalue weighted by Crippen LogP contribution is -2.36. The number of rotatable bonds is 3. The van der Waals surface area contributed by atoms with Crippen molar-refractivity contribution in [3.8, 4) is 11.8 Å². The Balaban J connectivity index is 1.90. The highest BCUT2D eigenvalue weighted by molar-refractivity contribution is 5.93. The van der Waals surface area contributed by atoms with E-state index in [9.17, 15) is 4.79 Å². The quantitative estimate of drug-likeness (QED) is 0.836. The third-order valence-corrected chi connectivity index (χ3v) is 3.51. The molecule has 1 aliphatic heterocycles. The second-order valence-corrected chi connectivity index (χ2v) is 5.05. The summed E-state index contributed by atoms with van der Waals surface area (Å²) in [6, 6.07) is 11.1. The van der Waals surface area contributed by atoms with Crippen molar-refractivity contribution < 1.29 is 4.79 Å². The molecule has 1 N–H and O–H groups in total. The minimum absolute atomic E-state index is 0.165. The highest BCUT2D eigenvalue weighted by Crippen LogP contribution is 2.20. The molecule has 1 aromatic carbocycles. The van der Waals surface area contributed by atoms with Crippen LogP contribution in [0.2, 0.25) is 0 Å². The number of carbonyl (C=O) groups is 1. The van der Waals surface area contributed by atoms with Gasteiger partial charge in [0, 0.05) is 25.2 Å². The normalized spacial score (nSPS) is 22.6. The van der Waals surface area contributed by atoms with Gasteiger partial charge in [0.15, 0.2) is 0 Å². The lowest BCUT2D eigenvalue weighted by atomic mass is 10.2. The van der Waals surface area contributed by atoms with Gasteiger partial charge < -0.3 is 5.32 Å². The molecule has 100 valence electrons. The molecule has 0 aromatic heterocycles. The molecule has 0 spiro atoms. The molecule has 1 heterocycles. The van der Waals surface area contributed by atoms with Gasteiger partial charge in [-0.1, -0.05) is 36.3 Å². The van der Waals surface area contributed by atoms with Gasteiger partial charge in [-0.05, 0) is 31.8 Å². The molecule has 3 nitrogen and oxygen atoms in total. The fraction of sp³-hybridized carbons (Fsp3) is 0.438. The average molecular weight is 256 g/mol. The molecule has 1 fully saturated rings. The van der Waals surface area contributed by atoms with Crippen LogP contribution in [0.1, 0.15) is 25.8 Å². The number of likely N-dealkylation sites (tertiary alicyclic amines) is 1. The third-order valence-electron chi connectivity index (χ3n) is 3.51. The van der Waals surface area contributed by atoms with Crippen LogP contribution < -0.4 is 5.32 Å². The highest BCUT2D eigenvalue weighted by atomic mass is 16.1. The van der Waals surface area contributed by atoms with E-state index in [-0.39, 0.29) is 11.9 Å². The van der Waals surface area contributed by atoms with E-state index in [0.29, 0.717) is 6.04 Å². The summed E-state index contributed by atoms with van der Waals surface area (Å²) in [5.41, 5.74) is 1.31. The summed E-state index contributed by atoms with van der Waals surface area (Å²) < 4.78 is 0. The third kappa shape index (κ3) is 3.84. The first-order chi connectivity index (χ1) is 9.19. The lowest BCUT2D eigenvalue weighted by molar-refractivity contribution is -0.116. The summed E-state index contributed by atoms with van der Waals surface area (Å²) in [7, 11) is 0. The monoisotopic (exact) mass is 256 g/mol. The number of nitrogens with one attached hydrogen (secondary N) is 1. The fourth-order valence-corrected chi connectivity index (χ4v) is 2.58. The van der Waals surface area contributed by atoms with Gasteiger partial charge in [0.05, 0.1) is 0 Å². The number of hydrogen-bond donors (Lipinski definition) is 1. The number of nitrogens with zero attached hydrogens (tertiary/aromatic N) is 1. The zero-order chi connectivity index (χ0) is 13.7. The average Bonchev–Trinajstić information content (AvgIpc) is 2.71. The Hall–Kier alpha value is -1.79. The first-order valence-electron chi connectivity index (χ1n) is 6.70. The van der Waals surface area contributed by atoms with Crippen molar-refractivity contribution in [2.24, 2.45) is 0 Å². The fourth-order valence-electron chi connectivity index (χ4n) is 2.58. The number of amides is 1. The Morgan fingerprint density at radius 2 is 2.16 bits per heavy atom. The Morgan fingerprint density at radius 3 is 2.84 bits per heavy atom. The molecule has 1 saturated heterocycles. The summed E-state index contributed by atoms with van der Waals surface area (Å²) in [6.45, 7) is 5.72. The Morgan fingerprint density at radius 1 is 1.42 bits per heavy atom. The summed E-state index contributed by atoms with van der Waals surface area (Å²) in [6.07, 6.45) is 0.990. The first kappa shape index (κ1) is 13.6. The molecule has 0 aliphatic carbocycles. The van der Waals surface area contributed by atoms with Crippen molar-refractivity contribution >= 4 is 5.91 Å². The molecule has 19 heavy (non-hydrogen) atoms. The maximum Gasteiger partial charge on any atom is 0.296 e. The standard InChI is InChI=1S/C16H20N2O/c1-3-7-16(19)17-15-10-13(2)18(12-15)11-14-8-5-4-6-9-14/h4-6,8-9,13,15H,10-12H2,1-2H3,(H,17,19)/t13-,15+/m1/s1. The Kier molecular flexibility index (Phi) is 4.59. The number of benzene rings is 1. The largest absolute Gasteiger partial charge is 0.341 e. The van der Waals surface area contributed by atoms with Gasteiger partial charge in [-0.25, -0.2) is 0 Å². The summed E-state index contributed by atoms with van der Waals surface area (Å²) >= 11 is 0. The van der Waals surface area contributed by atoms with Crippen LogP contribution in [0.15, 0.2) is 30.3 Å². The van der Waals surface area contributed by atoms with E-state index in [1.807, 2.05) is 6.07 Å². The molecule has 1 amide bonds. The Bertz CT molecular complexity index is 486. The summed E-state index contributed by atoms with van der Waals surface area (Å²) in [5, 5.41) is 2.97. The molecule has 0 bridgehead atoms. The molecule has 1 aliphatic rings. The molecule has 2 atom stereocenters. The van der Waals surface area contributed by atoms with Gasteiger partial charge in [-0.15, -0.1) is 0 Å².